The smallest absolute Gasteiger partial charge is 0.270 e. The van der Waals surface area contributed by atoms with E-state index in [1.165, 1.54) is 0 Å². The second-order valence-corrected chi connectivity index (χ2v) is 8.57. The van der Waals surface area contributed by atoms with Crippen molar-refractivity contribution in [2.24, 2.45) is 0 Å². The number of aryl methyl sites for hydroxylation is 1. The lowest BCUT2D eigenvalue weighted by Crippen LogP contribution is -2.43. The van der Waals surface area contributed by atoms with Crippen LogP contribution in [-0.2, 0) is 11.2 Å². The van der Waals surface area contributed by atoms with E-state index < -0.39 is 0 Å². The van der Waals surface area contributed by atoms with Crippen LogP contribution >= 0.6 is 0 Å². The molecule has 2 amide bonds. The van der Waals surface area contributed by atoms with E-state index >= 15 is 0 Å². The van der Waals surface area contributed by atoms with Crippen LogP contribution in [-0.4, -0.2) is 33.0 Å². The van der Waals surface area contributed by atoms with Gasteiger partial charge < -0.3 is 10.6 Å². The number of benzene rings is 2. The maximum atomic E-state index is 12.6. The lowest BCUT2D eigenvalue weighted by molar-refractivity contribution is -0.115. The predicted octanol–water partition coefficient (Wildman–Crippen LogP) is 4.12. The molecular weight excluding hydrogens is 414 g/mol. The van der Waals surface area contributed by atoms with Gasteiger partial charge in [-0.15, -0.1) is 0 Å². The van der Waals surface area contributed by atoms with Crippen molar-refractivity contribution in [2.75, 3.05) is 5.32 Å². The van der Waals surface area contributed by atoms with Crippen molar-refractivity contribution in [1.29, 1.82) is 0 Å². The molecule has 2 aromatic carbocycles. The molecule has 7 nitrogen and oxygen atoms in total. The van der Waals surface area contributed by atoms with Gasteiger partial charge in [0.25, 0.3) is 5.91 Å². The zero-order valence-corrected chi connectivity index (χ0v) is 18.3. The number of pyridine rings is 1. The Hall–Kier alpha value is -4.00. The van der Waals surface area contributed by atoms with Gasteiger partial charge in [0.2, 0.25) is 5.91 Å². The summed E-state index contributed by atoms with van der Waals surface area (Å²) < 4.78 is 0. The van der Waals surface area contributed by atoms with Gasteiger partial charge in [-0.25, -0.2) is 4.98 Å². The molecule has 1 saturated carbocycles. The van der Waals surface area contributed by atoms with Gasteiger partial charge in [-0.3, -0.25) is 14.7 Å². The molecule has 0 unspecified atom stereocenters. The first-order chi connectivity index (χ1) is 16.0. The van der Waals surface area contributed by atoms with Gasteiger partial charge in [0.05, 0.1) is 6.42 Å². The first-order valence-corrected chi connectivity index (χ1v) is 11.1. The van der Waals surface area contributed by atoms with Crippen LogP contribution in [0, 0.1) is 6.92 Å². The number of hydrogen-bond donors (Lipinski definition) is 3. The maximum absolute atomic E-state index is 12.6. The molecule has 3 N–H and O–H groups in total. The number of rotatable bonds is 6. The molecule has 0 atom stereocenters. The number of carbonyl (C=O) groups excluding carboxylic acids is 2. The fourth-order valence-electron chi connectivity index (χ4n) is 4.33. The second-order valence-electron chi connectivity index (χ2n) is 8.57. The molecule has 0 saturated heterocycles. The molecule has 33 heavy (non-hydrogen) atoms. The Bertz CT molecular complexity index is 1320. The first-order valence-electron chi connectivity index (χ1n) is 11.1. The molecule has 7 heteroatoms. The third-order valence-corrected chi connectivity index (χ3v) is 6.13. The summed E-state index contributed by atoms with van der Waals surface area (Å²) in [5.41, 5.74) is 3.22. The molecule has 0 spiro atoms. The van der Waals surface area contributed by atoms with Crippen molar-refractivity contribution in [3.8, 4) is 0 Å². The van der Waals surface area contributed by atoms with E-state index in [2.05, 4.69) is 25.8 Å². The van der Waals surface area contributed by atoms with Crippen LogP contribution in [0.2, 0.25) is 0 Å². The molecular formula is C26H25N5O2. The Morgan fingerprint density at radius 1 is 1.03 bits per heavy atom. The minimum Gasteiger partial charge on any atom is -0.348 e. The van der Waals surface area contributed by atoms with E-state index in [0.717, 1.165) is 40.6 Å². The normalized spacial score (nSPS) is 17.4. The molecule has 5 rings (SSSR count). The standard InChI is InChI=1S/C26H25N5O2/c1-16-6-4-11-22(27-16)26(33)28-20-12-19(13-20)23-15-24(31-30-23)29-25(32)14-18-9-5-8-17-7-2-3-10-21(17)18/h2-11,15,19-20H,12-14H2,1H3,(H,28,33)(H2,29,30,31,32). The highest BCUT2D eigenvalue weighted by atomic mass is 16.2. The highest BCUT2D eigenvalue weighted by Gasteiger charge is 2.33. The van der Waals surface area contributed by atoms with Crippen LogP contribution in [0.15, 0.2) is 66.7 Å². The van der Waals surface area contributed by atoms with E-state index in [1.807, 2.05) is 67.6 Å². The van der Waals surface area contributed by atoms with Crippen LogP contribution in [0.4, 0.5) is 5.82 Å². The van der Waals surface area contributed by atoms with Crippen molar-refractivity contribution < 1.29 is 9.59 Å². The van der Waals surface area contributed by atoms with Crippen LogP contribution in [0.3, 0.4) is 0 Å². The molecule has 1 aliphatic carbocycles. The fourth-order valence-corrected chi connectivity index (χ4v) is 4.33. The van der Waals surface area contributed by atoms with E-state index in [1.54, 1.807) is 6.07 Å². The Kier molecular flexibility index (Phi) is 5.60. The Morgan fingerprint density at radius 3 is 2.67 bits per heavy atom. The summed E-state index contributed by atoms with van der Waals surface area (Å²) in [5.74, 6) is 0.547. The Balaban J connectivity index is 1.14. The van der Waals surface area contributed by atoms with E-state index in [-0.39, 0.29) is 30.2 Å². The zero-order chi connectivity index (χ0) is 22.8. The molecule has 0 bridgehead atoms. The molecule has 4 aromatic rings. The number of fused-ring (bicyclic) bond motifs is 1. The minimum atomic E-state index is -0.145. The fraction of sp³-hybridized carbons (Fsp3) is 0.231. The summed E-state index contributed by atoms with van der Waals surface area (Å²) in [6.07, 6.45) is 1.93. The third-order valence-electron chi connectivity index (χ3n) is 6.13. The van der Waals surface area contributed by atoms with Crippen molar-refractivity contribution in [2.45, 2.75) is 38.1 Å². The molecule has 2 heterocycles. The molecule has 1 fully saturated rings. The van der Waals surface area contributed by atoms with Crippen LogP contribution in [0.5, 0.6) is 0 Å². The number of anilines is 1. The SMILES string of the molecule is Cc1cccc(C(=O)NC2CC(c3cc(NC(=O)Cc4cccc5ccccc45)n[nH]3)C2)n1. The summed E-state index contributed by atoms with van der Waals surface area (Å²) in [6.45, 7) is 1.87. The molecule has 0 aliphatic heterocycles. The van der Waals surface area contributed by atoms with Crippen molar-refractivity contribution in [3.05, 3.63) is 89.4 Å². The summed E-state index contributed by atoms with van der Waals surface area (Å²) in [6, 6.07) is 21.5. The number of nitrogens with zero attached hydrogens (tertiary/aromatic N) is 2. The van der Waals surface area contributed by atoms with Gasteiger partial charge in [-0.2, -0.15) is 5.10 Å². The summed E-state index contributed by atoms with van der Waals surface area (Å²) in [7, 11) is 0. The lowest BCUT2D eigenvalue weighted by atomic mass is 9.78. The van der Waals surface area contributed by atoms with Crippen LogP contribution in [0.25, 0.3) is 10.8 Å². The quantitative estimate of drug-likeness (QED) is 0.421. The number of aromatic nitrogens is 3. The number of amides is 2. The van der Waals surface area contributed by atoms with Crippen molar-refractivity contribution in [3.63, 3.8) is 0 Å². The van der Waals surface area contributed by atoms with Gasteiger partial charge >= 0.3 is 0 Å². The molecule has 2 aromatic heterocycles. The Labute approximate surface area is 191 Å². The number of H-pyrrole nitrogens is 1. The van der Waals surface area contributed by atoms with Gasteiger partial charge in [-0.05, 0) is 48.2 Å². The predicted molar refractivity (Wildman–Crippen MR) is 127 cm³/mol. The van der Waals surface area contributed by atoms with Gasteiger partial charge in [0.1, 0.15) is 5.69 Å². The van der Waals surface area contributed by atoms with E-state index in [0.29, 0.717) is 11.5 Å². The third kappa shape index (κ3) is 4.62. The second kappa shape index (κ2) is 8.86. The summed E-state index contributed by atoms with van der Waals surface area (Å²) in [4.78, 5) is 29.2. The average Bonchev–Trinajstić information content (AvgIpc) is 3.23. The Morgan fingerprint density at radius 2 is 1.82 bits per heavy atom. The van der Waals surface area contributed by atoms with Gasteiger partial charge in [0.15, 0.2) is 5.82 Å². The highest BCUT2D eigenvalue weighted by molar-refractivity contribution is 5.95. The number of aromatic amines is 1. The number of nitrogens with one attached hydrogen (secondary N) is 3. The number of carbonyl (C=O) groups is 2. The molecule has 166 valence electrons. The summed E-state index contributed by atoms with van der Waals surface area (Å²) >= 11 is 0. The van der Waals surface area contributed by atoms with Gasteiger partial charge in [-0.1, -0.05) is 48.5 Å². The van der Waals surface area contributed by atoms with E-state index in [4.69, 9.17) is 0 Å². The van der Waals surface area contributed by atoms with Crippen molar-refractivity contribution in [1.82, 2.24) is 20.5 Å². The average molecular weight is 440 g/mol. The van der Waals surface area contributed by atoms with Gasteiger partial charge in [0, 0.05) is 29.4 Å². The molecule has 0 radical (unpaired) electrons. The van der Waals surface area contributed by atoms with Crippen molar-refractivity contribution >= 4 is 28.4 Å². The van der Waals surface area contributed by atoms with E-state index in [9.17, 15) is 9.59 Å². The monoisotopic (exact) mass is 439 g/mol. The topological polar surface area (TPSA) is 99.8 Å². The maximum Gasteiger partial charge on any atom is 0.270 e. The lowest BCUT2D eigenvalue weighted by Gasteiger charge is -2.34. The summed E-state index contributed by atoms with van der Waals surface area (Å²) in [5, 5.41) is 15.4. The minimum absolute atomic E-state index is 0.103. The van der Waals surface area contributed by atoms with Crippen LogP contribution < -0.4 is 10.6 Å². The zero-order valence-electron chi connectivity index (χ0n) is 18.3. The molecule has 1 aliphatic rings. The highest BCUT2D eigenvalue weighted by Crippen LogP contribution is 2.36. The number of hydrogen-bond acceptors (Lipinski definition) is 4. The van der Waals surface area contributed by atoms with Crippen LogP contribution in [0.1, 0.15) is 46.2 Å². The first kappa shape index (κ1) is 20.9. The largest absolute Gasteiger partial charge is 0.348 e.